The minimum atomic E-state index is 0.485. The van der Waals surface area contributed by atoms with Gasteiger partial charge in [0.2, 0.25) is 0 Å². The Labute approximate surface area is 112 Å². The summed E-state index contributed by atoms with van der Waals surface area (Å²) < 4.78 is 5.49. The number of methoxy groups -OCH3 is 1. The minimum absolute atomic E-state index is 0.485. The molecule has 2 rings (SSSR count). The Hall–Kier alpha value is -0.120. The van der Waals surface area contributed by atoms with Crippen LogP contribution in [-0.4, -0.2) is 49.8 Å². The number of likely N-dealkylation sites (tertiary alicyclic amines) is 1. The summed E-state index contributed by atoms with van der Waals surface area (Å²) in [7, 11) is 1.85. The van der Waals surface area contributed by atoms with Gasteiger partial charge in [0.1, 0.15) is 0 Å². The first-order valence-electron chi connectivity index (χ1n) is 7.73. The number of nitrogens with one attached hydrogen (secondary N) is 1. The van der Waals surface area contributed by atoms with Crippen molar-refractivity contribution in [2.75, 3.05) is 26.7 Å². The van der Waals surface area contributed by atoms with E-state index >= 15 is 0 Å². The van der Waals surface area contributed by atoms with E-state index in [1.165, 1.54) is 51.7 Å². The maximum Gasteiger partial charge on any atom is 0.0598 e. The van der Waals surface area contributed by atoms with Gasteiger partial charge in [-0.05, 0) is 45.1 Å². The van der Waals surface area contributed by atoms with Gasteiger partial charge in [0.25, 0.3) is 0 Å². The van der Waals surface area contributed by atoms with Crippen molar-refractivity contribution in [1.82, 2.24) is 10.2 Å². The molecule has 0 radical (unpaired) electrons. The second kappa shape index (κ2) is 6.88. The Morgan fingerprint density at radius 2 is 2.11 bits per heavy atom. The summed E-state index contributed by atoms with van der Waals surface area (Å²) in [4.78, 5) is 2.66. The topological polar surface area (TPSA) is 24.5 Å². The van der Waals surface area contributed by atoms with Crippen molar-refractivity contribution in [2.45, 2.75) is 64.1 Å². The molecule has 0 bridgehead atoms. The van der Waals surface area contributed by atoms with Crippen LogP contribution in [0.1, 0.15) is 46.0 Å². The second-order valence-electron chi connectivity index (χ2n) is 6.18. The van der Waals surface area contributed by atoms with Crippen molar-refractivity contribution in [3.05, 3.63) is 0 Å². The van der Waals surface area contributed by atoms with Crippen molar-refractivity contribution in [1.29, 1.82) is 0 Å². The average molecular weight is 254 g/mol. The molecule has 4 unspecified atom stereocenters. The van der Waals surface area contributed by atoms with Crippen LogP contribution in [0.25, 0.3) is 0 Å². The van der Waals surface area contributed by atoms with Crippen LogP contribution in [0.4, 0.5) is 0 Å². The molecule has 4 atom stereocenters. The first-order chi connectivity index (χ1) is 8.72. The van der Waals surface area contributed by atoms with E-state index in [1.807, 2.05) is 7.11 Å². The van der Waals surface area contributed by atoms with E-state index in [4.69, 9.17) is 4.74 Å². The lowest BCUT2D eigenvalue weighted by molar-refractivity contribution is 0.0106. The first kappa shape index (κ1) is 14.3. The van der Waals surface area contributed by atoms with Gasteiger partial charge < -0.3 is 10.1 Å². The van der Waals surface area contributed by atoms with E-state index in [1.54, 1.807) is 0 Å². The highest BCUT2D eigenvalue weighted by molar-refractivity contribution is 4.85. The normalized spacial score (nSPS) is 38.8. The van der Waals surface area contributed by atoms with Gasteiger partial charge in [0.15, 0.2) is 0 Å². The van der Waals surface area contributed by atoms with Crippen molar-refractivity contribution in [2.24, 2.45) is 5.92 Å². The van der Waals surface area contributed by atoms with Gasteiger partial charge in [-0.15, -0.1) is 0 Å². The van der Waals surface area contributed by atoms with E-state index in [0.717, 1.165) is 5.92 Å². The van der Waals surface area contributed by atoms with Crippen molar-refractivity contribution < 1.29 is 4.74 Å². The van der Waals surface area contributed by atoms with Crippen LogP contribution in [-0.2, 0) is 4.74 Å². The summed E-state index contributed by atoms with van der Waals surface area (Å²) in [5.41, 5.74) is 0. The number of hydrogen-bond donors (Lipinski definition) is 1. The molecular weight excluding hydrogens is 224 g/mol. The zero-order chi connectivity index (χ0) is 13.0. The lowest BCUT2D eigenvalue weighted by Crippen LogP contribution is -2.51. The fourth-order valence-electron chi connectivity index (χ4n) is 3.55. The van der Waals surface area contributed by atoms with Gasteiger partial charge in [0.05, 0.1) is 6.10 Å². The van der Waals surface area contributed by atoms with E-state index < -0.39 is 0 Å². The Bertz CT molecular complexity index is 247. The Morgan fingerprint density at radius 1 is 1.28 bits per heavy atom. The summed E-state index contributed by atoms with van der Waals surface area (Å²) in [6, 6.07) is 1.39. The molecule has 18 heavy (non-hydrogen) atoms. The molecule has 0 amide bonds. The summed E-state index contributed by atoms with van der Waals surface area (Å²) in [6.07, 6.45) is 6.96. The fraction of sp³-hybridized carbons (Fsp3) is 1.00. The largest absolute Gasteiger partial charge is 0.381 e. The van der Waals surface area contributed by atoms with Crippen LogP contribution in [0, 0.1) is 5.92 Å². The summed E-state index contributed by atoms with van der Waals surface area (Å²) in [5, 5.41) is 3.70. The molecule has 0 aliphatic carbocycles. The molecule has 0 aromatic rings. The van der Waals surface area contributed by atoms with Crippen LogP contribution >= 0.6 is 0 Å². The van der Waals surface area contributed by atoms with Crippen LogP contribution in [0.2, 0.25) is 0 Å². The van der Waals surface area contributed by atoms with Crippen molar-refractivity contribution in [3.8, 4) is 0 Å². The van der Waals surface area contributed by atoms with Crippen LogP contribution in [0.5, 0.6) is 0 Å². The molecular formula is C15H30N2O. The third-order valence-electron chi connectivity index (χ3n) is 4.93. The van der Waals surface area contributed by atoms with Gasteiger partial charge in [-0.2, -0.15) is 0 Å². The Morgan fingerprint density at radius 3 is 2.78 bits per heavy atom. The Kier molecular flexibility index (Phi) is 5.46. The highest BCUT2D eigenvalue weighted by Gasteiger charge is 2.28. The van der Waals surface area contributed by atoms with E-state index in [2.05, 4.69) is 24.1 Å². The second-order valence-corrected chi connectivity index (χ2v) is 6.18. The molecule has 2 fully saturated rings. The van der Waals surface area contributed by atoms with E-state index in [0.29, 0.717) is 18.2 Å². The number of rotatable bonds is 4. The van der Waals surface area contributed by atoms with Gasteiger partial charge >= 0.3 is 0 Å². The number of nitrogens with zero attached hydrogens (tertiary/aromatic N) is 1. The highest BCUT2D eigenvalue weighted by atomic mass is 16.5. The van der Waals surface area contributed by atoms with Crippen LogP contribution in [0.15, 0.2) is 0 Å². The summed E-state index contributed by atoms with van der Waals surface area (Å²) in [6.45, 7) is 8.33. The quantitative estimate of drug-likeness (QED) is 0.833. The predicted octanol–water partition coefficient (Wildman–Crippen LogP) is 2.26. The number of ether oxygens (including phenoxy) is 1. The lowest BCUT2D eigenvalue weighted by Gasteiger charge is -2.41. The number of piperidine rings is 2. The van der Waals surface area contributed by atoms with Gasteiger partial charge in [-0.3, -0.25) is 4.90 Å². The maximum atomic E-state index is 5.49. The van der Waals surface area contributed by atoms with Crippen molar-refractivity contribution in [3.63, 3.8) is 0 Å². The molecule has 1 N–H and O–H groups in total. The smallest absolute Gasteiger partial charge is 0.0598 e. The molecule has 2 saturated heterocycles. The fourth-order valence-corrected chi connectivity index (χ4v) is 3.55. The monoisotopic (exact) mass is 254 g/mol. The van der Waals surface area contributed by atoms with Gasteiger partial charge in [0, 0.05) is 32.3 Å². The SMILES string of the molecule is CCC1CCNC(CN2CCC(OC)CC2C)C1. The number of hydrogen-bond acceptors (Lipinski definition) is 3. The average Bonchev–Trinajstić information content (AvgIpc) is 2.41. The molecule has 0 aromatic carbocycles. The van der Waals surface area contributed by atoms with E-state index in [9.17, 15) is 0 Å². The zero-order valence-corrected chi connectivity index (χ0v) is 12.3. The molecule has 3 heteroatoms. The van der Waals surface area contributed by atoms with Crippen LogP contribution in [0.3, 0.4) is 0 Å². The molecule has 3 nitrogen and oxygen atoms in total. The van der Waals surface area contributed by atoms with Gasteiger partial charge in [-0.1, -0.05) is 13.3 Å². The minimum Gasteiger partial charge on any atom is -0.381 e. The summed E-state index contributed by atoms with van der Waals surface area (Å²) >= 11 is 0. The summed E-state index contributed by atoms with van der Waals surface area (Å²) in [5.74, 6) is 0.947. The molecule has 0 spiro atoms. The zero-order valence-electron chi connectivity index (χ0n) is 12.3. The lowest BCUT2D eigenvalue weighted by atomic mass is 9.89. The predicted molar refractivity (Wildman–Crippen MR) is 75.9 cm³/mol. The molecule has 0 saturated carbocycles. The molecule has 2 aliphatic rings. The highest BCUT2D eigenvalue weighted by Crippen LogP contribution is 2.23. The Balaban J connectivity index is 1.78. The first-order valence-corrected chi connectivity index (χ1v) is 7.73. The molecule has 2 heterocycles. The molecule has 2 aliphatic heterocycles. The molecule has 106 valence electrons. The van der Waals surface area contributed by atoms with Gasteiger partial charge in [-0.25, -0.2) is 0 Å². The van der Waals surface area contributed by atoms with Crippen molar-refractivity contribution >= 4 is 0 Å². The third-order valence-corrected chi connectivity index (χ3v) is 4.93. The van der Waals surface area contributed by atoms with E-state index in [-0.39, 0.29) is 0 Å². The third kappa shape index (κ3) is 3.69. The maximum absolute atomic E-state index is 5.49. The molecule has 0 aromatic heterocycles. The van der Waals surface area contributed by atoms with Crippen LogP contribution < -0.4 is 5.32 Å². The standard InChI is InChI=1S/C15H30N2O/c1-4-13-5-7-16-14(10-13)11-17-8-6-15(18-3)9-12(17)2/h12-16H,4-11H2,1-3H3.